The van der Waals surface area contributed by atoms with Crippen molar-refractivity contribution in [1.82, 2.24) is 10.6 Å². The van der Waals surface area contributed by atoms with E-state index < -0.39 is 29.7 Å². The fraction of sp³-hybridized carbons (Fsp3) is 0.304. The second-order valence-corrected chi connectivity index (χ2v) is 7.68. The number of benzene rings is 2. The monoisotopic (exact) mass is 440 g/mol. The number of hydrogen-bond donors (Lipinski definition) is 5. The first-order valence-electron chi connectivity index (χ1n) is 10.2. The van der Waals surface area contributed by atoms with Crippen LogP contribution in [0, 0.1) is 5.92 Å². The molecule has 0 bridgehead atoms. The highest BCUT2D eigenvalue weighted by Crippen LogP contribution is 2.16. The van der Waals surface area contributed by atoms with E-state index in [1.54, 1.807) is 36.4 Å². The summed E-state index contributed by atoms with van der Waals surface area (Å²) in [4.78, 5) is 48.8. The Morgan fingerprint density at radius 2 is 1.75 bits per heavy atom. The van der Waals surface area contributed by atoms with Crippen molar-refractivity contribution in [3.8, 4) is 0 Å². The third-order valence-electron chi connectivity index (χ3n) is 4.61. The second kappa shape index (κ2) is 11.6. The van der Waals surface area contributed by atoms with Crippen LogP contribution >= 0.6 is 0 Å². The summed E-state index contributed by atoms with van der Waals surface area (Å²) in [5, 5.41) is 17.0. The number of nitrogens with two attached hydrogens (primary N) is 1. The number of carboxylic acids is 1. The summed E-state index contributed by atoms with van der Waals surface area (Å²) in [6.07, 6.45) is 0.333. The van der Waals surface area contributed by atoms with Crippen molar-refractivity contribution < 1.29 is 24.3 Å². The standard InChI is InChI=1S/C23H28N4O5/c1-14(2)10-19(22(30)27-18-9-4-3-8-17(18)23(31)32)26-20(28)13-25-21(29)16-7-5-6-15(11-16)12-24/h3-9,11,14,19H,10,12-13,24H2,1-2H3,(H,25,29)(H,26,28)(H,27,30)(H,31,32)/t19-/m0/s1. The Hall–Kier alpha value is -3.72. The van der Waals surface area contributed by atoms with Gasteiger partial charge in [0.15, 0.2) is 0 Å². The van der Waals surface area contributed by atoms with Crippen molar-refractivity contribution in [2.75, 3.05) is 11.9 Å². The molecular formula is C23H28N4O5. The fourth-order valence-electron chi connectivity index (χ4n) is 3.05. The van der Waals surface area contributed by atoms with E-state index in [-0.39, 0.29) is 23.7 Å². The molecule has 9 heteroatoms. The Labute approximate surface area is 186 Å². The highest BCUT2D eigenvalue weighted by atomic mass is 16.4. The summed E-state index contributed by atoms with van der Waals surface area (Å²) in [7, 11) is 0. The van der Waals surface area contributed by atoms with E-state index in [4.69, 9.17) is 5.73 Å². The van der Waals surface area contributed by atoms with E-state index in [2.05, 4.69) is 16.0 Å². The van der Waals surface area contributed by atoms with Gasteiger partial charge in [0.25, 0.3) is 5.91 Å². The summed E-state index contributed by atoms with van der Waals surface area (Å²) >= 11 is 0. The van der Waals surface area contributed by atoms with Gasteiger partial charge in [-0.1, -0.05) is 38.1 Å². The van der Waals surface area contributed by atoms with E-state index in [1.807, 2.05) is 13.8 Å². The Morgan fingerprint density at radius 1 is 1.03 bits per heavy atom. The van der Waals surface area contributed by atoms with Crippen LogP contribution in [0.5, 0.6) is 0 Å². The maximum atomic E-state index is 12.8. The van der Waals surface area contributed by atoms with Crippen molar-refractivity contribution in [2.24, 2.45) is 11.7 Å². The number of anilines is 1. The molecule has 9 nitrogen and oxygen atoms in total. The number of aromatic carboxylic acids is 1. The van der Waals surface area contributed by atoms with Crippen molar-refractivity contribution in [3.63, 3.8) is 0 Å². The molecule has 6 N–H and O–H groups in total. The number of carbonyl (C=O) groups is 4. The number of nitrogens with one attached hydrogen (secondary N) is 3. The largest absolute Gasteiger partial charge is 0.478 e. The van der Waals surface area contributed by atoms with Crippen LogP contribution in [-0.2, 0) is 16.1 Å². The van der Waals surface area contributed by atoms with Gasteiger partial charge in [-0.15, -0.1) is 0 Å². The highest BCUT2D eigenvalue weighted by molar-refractivity contribution is 6.03. The molecule has 2 aromatic carbocycles. The molecule has 3 amide bonds. The summed E-state index contributed by atoms with van der Waals surface area (Å²) in [5.41, 5.74) is 6.83. The second-order valence-electron chi connectivity index (χ2n) is 7.68. The van der Waals surface area contributed by atoms with E-state index in [0.29, 0.717) is 18.5 Å². The van der Waals surface area contributed by atoms with Crippen molar-refractivity contribution in [3.05, 3.63) is 65.2 Å². The molecule has 0 aliphatic heterocycles. The van der Waals surface area contributed by atoms with Crippen LogP contribution < -0.4 is 21.7 Å². The molecule has 2 rings (SSSR count). The molecule has 0 aliphatic carbocycles. The molecule has 0 unspecified atom stereocenters. The van der Waals surface area contributed by atoms with Crippen LogP contribution in [0.25, 0.3) is 0 Å². The number of amides is 3. The minimum absolute atomic E-state index is 0.0533. The Balaban J connectivity index is 2.01. The molecule has 0 heterocycles. The molecule has 0 fully saturated rings. The van der Waals surface area contributed by atoms with Gasteiger partial charge in [-0.2, -0.15) is 0 Å². The number of carboxylic acid groups (broad SMARTS) is 1. The zero-order chi connectivity index (χ0) is 23.7. The third kappa shape index (κ3) is 7.21. The van der Waals surface area contributed by atoms with Crippen molar-refractivity contribution in [1.29, 1.82) is 0 Å². The lowest BCUT2D eigenvalue weighted by Crippen LogP contribution is -2.48. The van der Waals surface area contributed by atoms with Gasteiger partial charge in [0.2, 0.25) is 11.8 Å². The van der Waals surface area contributed by atoms with Crippen LogP contribution in [0.1, 0.15) is 46.5 Å². The van der Waals surface area contributed by atoms with Gasteiger partial charge in [0, 0.05) is 12.1 Å². The summed E-state index contributed by atoms with van der Waals surface area (Å²) in [5.74, 6) is -2.61. The van der Waals surface area contributed by atoms with Crippen LogP contribution in [0.4, 0.5) is 5.69 Å². The van der Waals surface area contributed by atoms with Crippen LogP contribution in [-0.4, -0.2) is 41.4 Å². The predicted molar refractivity (Wildman–Crippen MR) is 120 cm³/mol. The zero-order valence-electron chi connectivity index (χ0n) is 18.1. The van der Waals surface area contributed by atoms with Gasteiger partial charge in [-0.25, -0.2) is 4.79 Å². The predicted octanol–water partition coefficient (Wildman–Crippen LogP) is 1.74. The van der Waals surface area contributed by atoms with E-state index in [9.17, 15) is 24.3 Å². The maximum absolute atomic E-state index is 12.8. The SMILES string of the molecule is CC(C)C[C@H](NC(=O)CNC(=O)c1cccc(CN)c1)C(=O)Nc1ccccc1C(=O)O. The van der Waals surface area contributed by atoms with Gasteiger partial charge in [0.1, 0.15) is 6.04 Å². The average molecular weight is 441 g/mol. The molecule has 0 aliphatic rings. The van der Waals surface area contributed by atoms with Crippen molar-refractivity contribution >= 4 is 29.4 Å². The molecular weight excluding hydrogens is 412 g/mol. The average Bonchev–Trinajstić information content (AvgIpc) is 2.76. The molecule has 0 saturated carbocycles. The number of carbonyl (C=O) groups excluding carboxylic acids is 3. The molecule has 0 saturated heterocycles. The Kier molecular flexibility index (Phi) is 8.91. The minimum Gasteiger partial charge on any atom is -0.478 e. The quantitative estimate of drug-likeness (QED) is 0.380. The summed E-state index contributed by atoms with van der Waals surface area (Å²) < 4.78 is 0. The fourth-order valence-corrected chi connectivity index (χ4v) is 3.05. The normalized spacial score (nSPS) is 11.5. The van der Waals surface area contributed by atoms with Gasteiger partial charge in [0.05, 0.1) is 17.8 Å². The molecule has 0 spiro atoms. The molecule has 32 heavy (non-hydrogen) atoms. The van der Waals surface area contributed by atoms with E-state index in [1.165, 1.54) is 12.1 Å². The first kappa shape index (κ1) is 24.5. The number of para-hydroxylation sites is 1. The molecule has 0 radical (unpaired) electrons. The smallest absolute Gasteiger partial charge is 0.337 e. The van der Waals surface area contributed by atoms with E-state index >= 15 is 0 Å². The summed E-state index contributed by atoms with van der Waals surface area (Å²) in [6, 6.07) is 11.9. The Bertz CT molecular complexity index is 990. The van der Waals surface area contributed by atoms with Crippen LogP contribution in [0.3, 0.4) is 0 Å². The lowest BCUT2D eigenvalue weighted by molar-refractivity contribution is -0.126. The van der Waals surface area contributed by atoms with Crippen LogP contribution in [0.2, 0.25) is 0 Å². The first-order valence-corrected chi connectivity index (χ1v) is 10.2. The van der Waals surface area contributed by atoms with Gasteiger partial charge in [-0.05, 0) is 42.2 Å². The summed E-state index contributed by atoms with van der Waals surface area (Å²) in [6.45, 7) is 3.76. The molecule has 170 valence electrons. The van der Waals surface area contributed by atoms with Crippen LogP contribution in [0.15, 0.2) is 48.5 Å². The molecule has 0 aromatic heterocycles. The molecule has 2 aromatic rings. The van der Waals surface area contributed by atoms with Gasteiger partial charge in [-0.3, -0.25) is 14.4 Å². The third-order valence-corrected chi connectivity index (χ3v) is 4.61. The number of hydrogen-bond acceptors (Lipinski definition) is 5. The zero-order valence-corrected chi connectivity index (χ0v) is 18.1. The number of rotatable bonds is 10. The Morgan fingerprint density at radius 3 is 2.41 bits per heavy atom. The lowest BCUT2D eigenvalue weighted by atomic mass is 10.0. The minimum atomic E-state index is -1.17. The topological polar surface area (TPSA) is 151 Å². The first-order chi connectivity index (χ1) is 15.2. The lowest BCUT2D eigenvalue weighted by Gasteiger charge is -2.21. The van der Waals surface area contributed by atoms with E-state index in [0.717, 1.165) is 5.56 Å². The molecule has 1 atom stereocenters. The van der Waals surface area contributed by atoms with Gasteiger partial charge < -0.3 is 26.8 Å². The maximum Gasteiger partial charge on any atom is 0.337 e. The van der Waals surface area contributed by atoms with Gasteiger partial charge >= 0.3 is 5.97 Å². The van der Waals surface area contributed by atoms with Crippen molar-refractivity contribution in [2.45, 2.75) is 32.9 Å². The highest BCUT2D eigenvalue weighted by Gasteiger charge is 2.23.